The van der Waals surface area contributed by atoms with Crippen LogP contribution in [0.4, 0.5) is 17.6 Å². The fraction of sp³-hybridized carbons (Fsp3) is 0.214. The van der Waals surface area contributed by atoms with E-state index in [0.717, 1.165) is 17.5 Å². The van der Waals surface area contributed by atoms with Crippen molar-refractivity contribution in [3.63, 3.8) is 0 Å². The number of carbonyl (C=O) groups excluding carboxylic acids is 1. The number of halogens is 4. The predicted octanol–water partition coefficient (Wildman–Crippen LogP) is 3.65. The number of nitrogens with one attached hydrogen (secondary N) is 1. The summed E-state index contributed by atoms with van der Waals surface area (Å²) in [6, 6.07) is 5.64. The largest absolute Gasteiger partial charge is 0.419 e. The molecule has 7 heteroatoms. The fourth-order valence-corrected chi connectivity index (χ4v) is 1.89. The molecule has 0 unspecified atom stereocenters. The standard InChI is InChI=1S/C14H12F4N2O/c1-8-3-4-9(2)20(8)19-13(21)10-5-6-12(15)11(7-10)14(16,17)18/h3-7H,1-2H3,(H,19,21). The number of benzene rings is 1. The smallest absolute Gasteiger partial charge is 0.267 e. The maximum Gasteiger partial charge on any atom is 0.419 e. The molecule has 0 spiro atoms. The molecule has 0 fully saturated rings. The second-order valence-corrected chi connectivity index (χ2v) is 4.58. The summed E-state index contributed by atoms with van der Waals surface area (Å²) in [4.78, 5) is 12.0. The van der Waals surface area contributed by atoms with Gasteiger partial charge in [0, 0.05) is 17.0 Å². The molecule has 1 aromatic carbocycles. The van der Waals surface area contributed by atoms with Crippen LogP contribution in [0.5, 0.6) is 0 Å². The van der Waals surface area contributed by atoms with Gasteiger partial charge >= 0.3 is 6.18 Å². The molecule has 0 bridgehead atoms. The molecule has 112 valence electrons. The lowest BCUT2D eigenvalue weighted by molar-refractivity contribution is -0.140. The summed E-state index contributed by atoms with van der Waals surface area (Å²) in [5, 5.41) is 0. The molecule has 1 amide bonds. The van der Waals surface area contributed by atoms with Crippen LogP contribution in [0.15, 0.2) is 30.3 Å². The molecule has 21 heavy (non-hydrogen) atoms. The van der Waals surface area contributed by atoms with Gasteiger partial charge in [-0.1, -0.05) is 0 Å². The van der Waals surface area contributed by atoms with Gasteiger partial charge in [0.25, 0.3) is 5.91 Å². The van der Waals surface area contributed by atoms with Crippen molar-refractivity contribution in [1.82, 2.24) is 4.68 Å². The number of aryl methyl sites for hydroxylation is 2. The molecule has 0 saturated heterocycles. The van der Waals surface area contributed by atoms with E-state index < -0.39 is 23.5 Å². The molecule has 0 radical (unpaired) electrons. The molecule has 1 aromatic heterocycles. The lowest BCUT2D eigenvalue weighted by atomic mass is 10.1. The van der Waals surface area contributed by atoms with Crippen molar-refractivity contribution < 1.29 is 22.4 Å². The number of hydrogen-bond acceptors (Lipinski definition) is 1. The Morgan fingerprint density at radius 2 is 1.67 bits per heavy atom. The summed E-state index contributed by atoms with van der Waals surface area (Å²) in [6.45, 7) is 3.47. The molecule has 1 N–H and O–H groups in total. The summed E-state index contributed by atoms with van der Waals surface area (Å²) in [7, 11) is 0. The van der Waals surface area contributed by atoms with Crippen LogP contribution in [0, 0.1) is 19.7 Å². The van der Waals surface area contributed by atoms with Gasteiger partial charge in [0.1, 0.15) is 5.82 Å². The summed E-state index contributed by atoms with van der Waals surface area (Å²) < 4.78 is 52.5. The number of rotatable bonds is 2. The minimum Gasteiger partial charge on any atom is -0.267 e. The number of amides is 1. The van der Waals surface area contributed by atoms with Gasteiger partial charge in [-0.2, -0.15) is 13.2 Å². The number of aromatic nitrogens is 1. The highest BCUT2D eigenvalue weighted by Crippen LogP contribution is 2.31. The maximum absolute atomic E-state index is 13.2. The Morgan fingerprint density at radius 3 is 2.19 bits per heavy atom. The Kier molecular flexibility index (Phi) is 3.76. The van der Waals surface area contributed by atoms with E-state index in [-0.39, 0.29) is 5.56 Å². The SMILES string of the molecule is Cc1ccc(C)n1NC(=O)c1ccc(F)c(C(F)(F)F)c1. The van der Waals surface area contributed by atoms with Crippen molar-refractivity contribution in [3.8, 4) is 0 Å². The van der Waals surface area contributed by atoms with E-state index in [4.69, 9.17) is 0 Å². The average molecular weight is 300 g/mol. The van der Waals surface area contributed by atoms with Crippen LogP contribution >= 0.6 is 0 Å². The highest BCUT2D eigenvalue weighted by Gasteiger charge is 2.34. The van der Waals surface area contributed by atoms with E-state index in [9.17, 15) is 22.4 Å². The summed E-state index contributed by atoms with van der Waals surface area (Å²) >= 11 is 0. The van der Waals surface area contributed by atoms with Crippen LogP contribution in [0.1, 0.15) is 27.3 Å². The van der Waals surface area contributed by atoms with Crippen molar-refractivity contribution in [2.45, 2.75) is 20.0 Å². The predicted molar refractivity (Wildman–Crippen MR) is 69.0 cm³/mol. The Morgan fingerprint density at radius 1 is 1.10 bits per heavy atom. The first-order chi connectivity index (χ1) is 9.70. The first kappa shape index (κ1) is 15.1. The van der Waals surface area contributed by atoms with Crippen LogP contribution in [-0.2, 0) is 6.18 Å². The van der Waals surface area contributed by atoms with E-state index in [1.54, 1.807) is 26.0 Å². The number of hydrogen-bond donors (Lipinski definition) is 1. The number of nitrogens with zero attached hydrogens (tertiary/aromatic N) is 1. The van der Waals surface area contributed by atoms with E-state index >= 15 is 0 Å². The first-order valence-electron chi connectivity index (χ1n) is 6.03. The van der Waals surface area contributed by atoms with Crippen LogP contribution in [0.25, 0.3) is 0 Å². The molecule has 2 rings (SSSR count). The quantitative estimate of drug-likeness (QED) is 0.844. The molecule has 0 aliphatic rings. The fourth-order valence-electron chi connectivity index (χ4n) is 1.89. The van der Waals surface area contributed by atoms with Gasteiger partial charge in [0.2, 0.25) is 0 Å². The zero-order chi connectivity index (χ0) is 15.8. The van der Waals surface area contributed by atoms with Crippen molar-refractivity contribution in [2.75, 3.05) is 5.43 Å². The maximum atomic E-state index is 13.2. The van der Waals surface area contributed by atoms with Gasteiger partial charge < -0.3 is 0 Å². The molecule has 0 saturated carbocycles. The Labute approximate surface area is 118 Å². The van der Waals surface area contributed by atoms with Crippen molar-refractivity contribution in [1.29, 1.82) is 0 Å². The Balaban J connectivity index is 2.33. The zero-order valence-electron chi connectivity index (χ0n) is 11.3. The van der Waals surface area contributed by atoms with Crippen molar-refractivity contribution >= 4 is 5.91 Å². The van der Waals surface area contributed by atoms with Crippen molar-refractivity contribution in [3.05, 3.63) is 58.7 Å². The van der Waals surface area contributed by atoms with Crippen LogP contribution in [0.2, 0.25) is 0 Å². The van der Waals surface area contributed by atoms with Gasteiger partial charge in [0.05, 0.1) is 5.56 Å². The van der Waals surface area contributed by atoms with Gasteiger partial charge in [-0.25, -0.2) is 4.39 Å². The lowest BCUT2D eigenvalue weighted by Gasteiger charge is -2.13. The molecule has 1 heterocycles. The molecule has 0 atom stereocenters. The molecule has 0 aliphatic heterocycles. The summed E-state index contributed by atoms with van der Waals surface area (Å²) in [6.07, 6.45) is -4.85. The van der Waals surface area contributed by atoms with Crippen LogP contribution < -0.4 is 5.43 Å². The van der Waals surface area contributed by atoms with Crippen LogP contribution in [0.3, 0.4) is 0 Å². The van der Waals surface area contributed by atoms with Gasteiger partial charge in [-0.3, -0.25) is 14.9 Å². The minimum atomic E-state index is -4.85. The average Bonchev–Trinajstić information content (AvgIpc) is 2.69. The molecule has 3 nitrogen and oxygen atoms in total. The second kappa shape index (κ2) is 5.23. The Hall–Kier alpha value is -2.31. The lowest BCUT2D eigenvalue weighted by Crippen LogP contribution is -2.25. The monoisotopic (exact) mass is 300 g/mol. The summed E-state index contributed by atoms with van der Waals surface area (Å²) in [5.41, 5.74) is 2.17. The number of carbonyl (C=O) groups is 1. The van der Waals surface area contributed by atoms with E-state index in [0.29, 0.717) is 12.1 Å². The number of alkyl halides is 3. The van der Waals surface area contributed by atoms with Gasteiger partial charge in [0.15, 0.2) is 0 Å². The van der Waals surface area contributed by atoms with Gasteiger partial charge in [-0.05, 0) is 44.2 Å². The topological polar surface area (TPSA) is 34.0 Å². The molecular formula is C14H12F4N2O. The molecular weight excluding hydrogens is 288 g/mol. The normalized spacial score (nSPS) is 11.5. The van der Waals surface area contributed by atoms with E-state index in [1.807, 2.05) is 0 Å². The van der Waals surface area contributed by atoms with Crippen molar-refractivity contribution in [2.24, 2.45) is 0 Å². The summed E-state index contributed by atoms with van der Waals surface area (Å²) in [5.74, 6) is -2.16. The minimum absolute atomic E-state index is 0.267. The van der Waals surface area contributed by atoms with Gasteiger partial charge in [-0.15, -0.1) is 0 Å². The molecule has 2 aromatic rings. The van der Waals surface area contributed by atoms with E-state index in [2.05, 4.69) is 5.43 Å². The molecule has 0 aliphatic carbocycles. The highest BCUT2D eigenvalue weighted by atomic mass is 19.4. The third-order valence-electron chi connectivity index (χ3n) is 3.02. The zero-order valence-corrected chi connectivity index (χ0v) is 11.3. The van der Waals surface area contributed by atoms with E-state index in [1.165, 1.54) is 4.68 Å². The first-order valence-corrected chi connectivity index (χ1v) is 6.03. The highest BCUT2D eigenvalue weighted by molar-refractivity contribution is 6.00. The third kappa shape index (κ3) is 3.07. The second-order valence-electron chi connectivity index (χ2n) is 4.58. The third-order valence-corrected chi connectivity index (χ3v) is 3.02. The Bertz CT molecular complexity index is 669. The van der Waals surface area contributed by atoms with Crippen LogP contribution in [-0.4, -0.2) is 10.6 Å².